The molecule has 8 heteroatoms. The minimum absolute atomic E-state index is 0.00558. The molecule has 0 radical (unpaired) electrons. The summed E-state index contributed by atoms with van der Waals surface area (Å²) >= 11 is 0. The van der Waals surface area contributed by atoms with Crippen molar-refractivity contribution in [3.05, 3.63) is 59.7 Å². The molecule has 1 saturated carbocycles. The highest BCUT2D eigenvalue weighted by atomic mass is 16.5. The van der Waals surface area contributed by atoms with E-state index in [9.17, 15) is 19.5 Å². The van der Waals surface area contributed by atoms with Gasteiger partial charge in [0.15, 0.2) is 6.10 Å². The standard InChI is InChI=1S/C27H30N2O6/c30-25(29-23-12-13-34-24(23)26(31)32)17-11-5-6-16(17)14-28-27(33)35-15-22-20-9-3-1-7-18(20)19-8-2-4-10-21(19)22/h1-4,7-10,16-17,22-24H,5-6,11-15H2,(H,28,33)(H,29,30)(H,31,32)/t16-,17-,23?,24?/m1/s1. The maximum absolute atomic E-state index is 12.9. The molecular formula is C27H30N2O6. The number of aliphatic carboxylic acids is 1. The number of carbonyl (C=O) groups excluding carboxylic acids is 2. The molecule has 5 rings (SSSR count). The summed E-state index contributed by atoms with van der Waals surface area (Å²) in [6, 6.07) is 15.9. The second-order valence-corrected chi connectivity index (χ2v) is 9.54. The first kappa shape index (κ1) is 23.4. The molecule has 2 aromatic carbocycles. The van der Waals surface area contributed by atoms with E-state index in [-0.39, 0.29) is 30.3 Å². The van der Waals surface area contributed by atoms with Gasteiger partial charge >= 0.3 is 12.1 Å². The predicted octanol–water partition coefficient (Wildman–Crippen LogP) is 3.30. The van der Waals surface area contributed by atoms with E-state index in [2.05, 4.69) is 34.9 Å². The first-order chi connectivity index (χ1) is 17.0. The molecule has 2 amide bonds. The molecule has 35 heavy (non-hydrogen) atoms. The van der Waals surface area contributed by atoms with Crippen molar-refractivity contribution in [1.82, 2.24) is 10.6 Å². The van der Waals surface area contributed by atoms with Gasteiger partial charge in [-0.3, -0.25) is 4.79 Å². The highest BCUT2D eigenvalue weighted by Crippen LogP contribution is 2.44. The maximum Gasteiger partial charge on any atom is 0.407 e. The van der Waals surface area contributed by atoms with Crippen molar-refractivity contribution in [3.8, 4) is 11.1 Å². The van der Waals surface area contributed by atoms with Crippen molar-refractivity contribution in [2.24, 2.45) is 11.8 Å². The van der Waals surface area contributed by atoms with Crippen LogP contribution in [0.15, 0.2) is 48.5 Å². The zero-order chi connectivity index (χ0) is 24.4. The van der Waals surface area contributed by atoms with E-state index in [0.717, 1.165) is 24.0 Å². The van der Waals surface area contributed by atoms with Gasteiger partial charge in [0.25, 0.3) is 0 Å². The third-order valence-corrected chi connectivity index (χ3v) is 7.51. The molecule has 2 fully saturated rings. The maximum atomic E-state index is 12.9. The largest absolute Gasteiger partial charge is 0.479 e. The van der Waals surface area contributed by atoms with E-state index in [0.29, 0.717) is 26.0 Å². The van der Waals surface area contributed by atoms with Gasteiger partial charge < -0.3 is 25.2 Å². The molecule has 2 unspecified atom stereocenters. The number of hydrogen-bond acceptors (Lipinski definition) is 5. The van der Waals surface area contributed by atoms with Crippen LogP contribution in [0.25, 0.3) is 11.1 Å². The van der Waals surface area contributed by atoms with Crippen LogP contribution in [-0.4, -0.2) is 55.0 Å². The Kier molecular flexibility index (Phi) is 6.72. The third-order valence-electron chi connectivity index (χ3n) is 7.51. The van der Waals surface area contributed by atoms with E-state index < -0.39 is 24.2 Å². The first-order valence-corrected chi connectivity index (χ1v) is 12.3. The lowest BCUT2D eigenvalue weighted by atomic mass is 9.94. The van der Waals surface area contributed by atoms with Gasteiger partial charge in [0, 0.05) is 25.0 Å². The summed E-state index contributed by atoms with van der Waals surface area (Å²) in [5, 5.41) is 15.0. The van der Waals surface area contributed by atoms with Crippen molar-refractivity contribution < 1.29 is 29.0 Å². The molecule has 1 saturated heterocycles. The Bertz CT molecular complexity index is 1070. The second-order valence-electron chi connectivity index (χ2n) is 9.54. The topological polar surface area (TPSA) is 114 Å². The molecule has 1 heterocycles. The SMILES string of the molecule is O=C(NC[C@H]1CCC[C@H]1C(=O)NC1CCOC1C(=O)O)OCC1c2ccccc2-c2ccccc21. The lowest BCUT2D eigenvalue weighted by Gasteiger charge is -2.23. The molecule has 2 aromatic rings. The average Bonchev–Trinajstić information content (AvgIpc) is 3.59. The number of fused-ring (bicyclic) bond motifs is 3. The van der Waals surface area contributed by atoms with Crippen LogP contribution in [0.1, 0.15) is 42.7 Å². The minimum atomic E-state index is -1.06. The van der Waals surface area contributed by atoms with Crippen LogP contribution in [0, 0.1) is 11.8 Å². The molecular weight excluding hydrogens is 448 g/mol. The summed E-state index contributed by atoms with van der Waals surface area (Å²) in [6.07, 6.45) is 1.42. The van der Waals surface area contributed by atoms with Crippen LogP contribution < -0.4 is 10.6 Å². The van der Waals surface area contributed by atoms with Crippen molar-refractivity contribution in [3.63, 3.8) is 0 Å². The van der Waals surface area contributed by atoms with Crippen LogP contribution in [0.3, 0.4) is 0 Å². The number of rotatable bonds is 7. The summed E-state index contributed by atoms with van der Waals surface area (Å²) in [4.78, 5) is 36.7. The molecule has 184 valence electrons. The number of benzene rings is 2. The summed E-state index contributed by atoms with van der Waals surface area (Å²) in [5.41, 5.74) is 4.67. The fourth-order valence-corrected chi connectivity index (χ4v) is 5.76. The zero-order valence-corrected chi connectivity index (χ0v) is 19.4. The zero-order valence-electron chi connectivity index (χ0n) is 19.4. The van der Waals surface area contributed by atoms with Gasteiger partial charge in [-0.05, 0) is 47.4 Å². The van der Waals surface area contributed by atoms with Crippen LogP contribution in [-0.2, 0) is 19.1 Å². The quantitative estimate of drug-likeness (QED) is 0.563. The smallest absolute Gasteiger partial charge is 0.407 e. The Morgan fingerprint density at radius 3 is 2.34 bits per heavy atom. The Morgan fingerprint density at radius 2 is 1.66 bits per heavy atom. The Labute approximate surface area is 204 Å². The monoisotopic (exact) mass is 478 g/mol. The number of carbonyl (C=O) groups is 3. The lowest BCUT2D eigenvalue weighted by molar-refractivity contribution is -0.148. The third kappa shape index (κ3) is 4.75. The summed E-state index contributed by atoms with van der Waals surface area (Å²) in [6.45, 7) is 0.907. The van der Waals surface area contributed by atoms with Gasteiger partial charge in [-0.15, -0.1) is 0 Å². The number of hydrogen-bond donors (Lipinski definition) is 3. The Morgan fingerprint density at radius 1 is 0.971 bits per heavy atom. The fourth-order valence-electron chi connectivity index (χ4n) is 5.76. The summed E-state index contributed by atoms with van der Waals surface area (Å²) in [5.74, 6) is -1.51. The molecule has 0 aromatic heterocycles. The van der Waals surface area contributed by atoms with Gasteiger partial charge in [-0.2, -0.15) is 0 Å². The van der Waals surface area contributed by atoms with E-state index >= 15 is 0 Å². The number of amides is 2. The molecule has 4 atom stereocenters. The van der Waals surface area contributed by atoms with Gasteiger partial charge in [0.2, 0.25) is 5.91 Å². The molecule has 3 aliphatic rings. The van der Waals surface area contributed by atoms with Gasteiger partial charge in [0.1, 0.15) is 6.61 Å². The number of ether oxygens (including phenoxy) is 2. The van der Waals surface area contributed by atoms with Crippen LogP contribution >= 0.6 is 0 Å². The molecule has 3 N–H and O–H groups in total. The van der Waals surface area contributed by atoms with E-state index in [1.54, 1.807) is 0 Å². The van der Waals surface area contributed by atoms with Crippen molar-refractivity contribution in [1.29, 1.82) is 0 Å². The molecule has 2 aliphatic carbocycles. The first-order valence-electron chi connectivity index (χ1n) is 12.3. The number of carboxylic acids is 1. The Balaban J connectivity index is 1.14. The van der Waals surface area contributed by atoms with E-state index in [4.69, 9.17) is 9.47 Å². The minimum Gasteiger partial charge on any atom is -0.479 e. The summed E-state index contributed by atoms with van der Waals surface area (Å²) < 4.78 is 10.8. The molecule has 8 nitrogen and oxygen atoms in total. The number of carboxylic acid groups (broad SMARTS) is 1. The number of alkyl carbamates (subject to hydrolysis) is 1. The van der Waals surface area contributed by atoms with Crippen molar-refractivity contribution in [2.75, 3.05) is 19.8 Å². The van der Waals surface area contributed by atoms with E-state index in [1.807, 2.05) is 24.3 Å². The normalized spacial score (nSPS) is 25.0. The van der Waals surface area contributed by atoms with Crippen LogP contribution in [0.2, 0.25) is 0 Å². The van der Waals surface area contributed by atoms with Gasteiger partial charge in [0.05, 0.1) is 6.04 Å². The second kappa shape index (κ2) is 10.1. The van der Waals surface area contributed by atoms with Crippen LogP contribution in [0.5, 0.6) is 0 Å². The highest BCUT2D eigenvalue weighted by Gasteiger charge is 2.39. The predicted molar refractivity (Wildman–Crippen MR) is 128 cm³/mol. The van der Waals surface area contributed by atoms with Crippen molar-refractivity contribution in [2.45, 2.75) is 43.7 Å². The lowest BCUT2D eigenvalue weighted by Crippen LogP contribution is -2.47. The molecule has 0 spiro atoms. The van der Waals surface area contributed by atoms with Gasteiger partial charge in [-0.25, -0.2) is 9.59 Å². The fraction of sp³-hybridized carbons (Fsp3) is 0.444. The van der Waals surface area contributed by atoms with E-state index in [1.165, 1.54) is 11.1 Å². The van der Waals surface area contributed by atoms with Crippen molar-refractivity contribution >= 4 is 18.0 Å². The summed E-state index contributed by atoms with van der Waals surface area (Å²) in [7, 11) is 0. The molecule has 0 bridgehead atoms. The average molecular weight is 479 g/mol. The van der Waals surface area contributed by atoms with Gasteiger partial charge in [-0.1, -0.05) is 55.0 Å². The highest BCUT2D eigenvalue weighted by molar-refractivity contribution is 5.82. The molecule has 1 aliphatic heterocycles. The van der Waals surface area contributed by atoms with Crippen LogP contribution in [0.4, 0.5) is 4.79 Å². The number of nitrogens with one attached hydrogen (secondary N) is 2. The Hall–Kier alpha value is -3.39.